The van der Waals surface area contributed by atoms with E-state index in [0.717, 1.165) is 31.9 Å². The molecule has 1 aliphatic carbocycles. The van der Waals surface area contributed by atoms with Gasteiger partial charge in [0.1, 0.15) is 6.26 Å². The first-order chi connectivity index (χ1) is 8.87. The van der Waals surface area contributed by atoms with E-state index in [2.05, 4.69) is 19.2 Å². The number of hydrogen-bond acceptors (Lipinski definition) is 3. The molecule has 0 aliphatic heterocycles. The summed E-state index contributed by atoms with van der Waals surface area (Å²) in [4.78, 5) is 22.6. The Bertz CT molecular complexity index is 479. The molecule has 1 heterocycles. The fourth-order valence-electron chi connectivity index (χ4n) is 2.37. The van der Waals surface area contributed by atoms with Crippen LogP contribution in [0.25, 0.3) is 0 Å². The third-order valence-corrected chi connectivity index (χ3v) is 3.74. The average Bonchev–Trinajstić information content (AvgIpc) is 2.81. The normalized spacial score (nSPS) is 19.1. The minimum atomic E-state index is -1.10. The lowest BCUT2D eigenvalue weighted by Gasteiger charge is -2.34. The molecule has 1 saturated carbocycles. The van der Waals surface area contributed by atoms with Gasteiger partial charge in [0.2, 0.25) is 0 Å². The Morgan fingerprint density at radius 3 is 2.53 bits per heavy atom. The smallest absolute Gasteiger partial charge is 0.338 e. The molecule has 1 fully saturated rings. The van der Waals surface area contributed by atoms with Crippen LogP contribution in [0, 0.1) is 5.41 Å². The number of amides is 1. The number of aromatic carboxylic acids is 1. The van der Waals surface area contributed by atoms with E-state index in [0.29, 0.717) is 5.41 Å². The maximum Gasteiger partial charge on any atom is 0.338 e. The minimum Gasteiger partial charge on any atom is -0.478 e. The molecule has 0 spiro atoms. The summed E-state index contributed by atoms with van der Waals surface area (Å²) < 4.78 is 4.98. The predicted molar refractivity (Wildman–Crippen MR) is 69.2 cm³/mol. The maximum atomic E-state index is 11.9. The summed E-state index contributed by atoms with van der Waals surface area (Å²) in [7, 11) is 0. The number of carbonyl (C=O) groups excluding carboxylic acids is 1. The summed E-state index contributed by atoms with van der Waals surface area (Å²) >= 11 is 0. The molecule has 1 aliphatic rings. The van der Waals surface area contributed by atoms with Crippen molar-refractivity contribution in [2.45, 2.75) is 45.6 Å². The van der Waals surface area contributed by atoms with Crippen LogP contribution < -0.4 is 5.32 Å². The molecule has 0 saturated heterocycles. The quantitative estimate of drug-likeness (QED) is 0.880. The zero-order chi connectivity index (χ0) is 14.0. The van der Waals surface area contributed by atoms with Crippen molar-refractivity contribution in [2.75, 3.05) is 0 Å². The van der Waals surface area contributed by atoms with E-state index in [1.54, 1.807) is 0 Å². The topological polar surface area (TPSA) is 79.5 Å². The number of rotatable bonds is 3. The highest BCUT2D eigenvalue weighted by molar-refractivity contribution is 5.95. The molecule has 1 aromatic rings. The van der Waals surface area contributed by atoms with E-state index >= 15 is 0 Å². The monoisotopic (exact) mass is 265 g/mol. The molecule has 1 aromatic heterocycles. The van der Waals surface area contributed by atoms with Crippen molar-refractivity contribution in [3.05, 3.63) is 23.7 Å². The second-order valence-electron chi connectivity index (χ2n) is 5.92. The lowest BCUT2D eigenvalue weighted by molar-refractivity contribution is 0.0695. The number of carboxylic acids is 1. The molecule has 0 bridgehead atoms. The van der Waals surface area contributed by atoms with Crippen molar-refractivity contribution in [3.63, 3.8) is 0 Å². The average molecular weight is 265 g/mol. The van der Waals surface area contributed by atoms with Crippen molar-refractivity contribution in [1.29, 1.82) is 0 Å². The molecule has 104 valence electrons. The van der Waals surface area contributed by atoms with Gasteiger partial charge in [0.15, 0.2) is 5.76 Å². The maximum absolute atomic E-state index is 11.9. The highest BCUT2D eigenvalue weighted by Crippen LogP contribution is 2.35. The number of furan rings is 1. The third-order valence-electron chi connectivity index (χ3n) is 3.74. The van der Waals surface area contributed by atoms with Crippen molar-refractivity contribution >= 4 is 11.9 Å². The van der Waals surface area contributed by atoms with Gasteiger partial charge in [-0.1, -0.05) is 13.8 Å². The molecule has 0 aromatic carbocycles. The van der Waals surface area contributed by atoms with Crippen LogP contribution in [-0.4, -0.2) is 23.0 Å². The molecule has 0 atom stereocenters. The summed E-state index contributed by atoms with van der Waals surface area (Å²) in [5, 5.41) is 11.7. The SMILES string of the molecule is CC1(C)CCC(NC(=O)c2cc(C(=O)O)co2)CC1. The van der Waals surface area contributed by atoms with E-state index in [1.165, 1.54) is 6.07 Å². The molecule has 19 heavy (non-hydrogen) atoms. The molecule has 5 heteroatoms. The summed E-state index contributed by atoms with van der Waals surface area (Å²) in [5.74, 6) is -1.37. The Morgan fingerprint density at radius 1 is 1.37 bits per heavy atom. The standard InChI is InChI=1S/C14H19NO4/c1-14(2)5-3-10(4-6-14)15-12(16)11-7-9(8-19-11)13(17)18/h7-8,10H,3-6H2,1-2H3,(H,15,16)(H,17,18). The first-order valence-electron chi connectivity index (χ1n) is 6.50. The summed E-state index contributed by atoms with van der Waals surface area (Å²) in [5.41, 5.74) is 0.345. The number of carbonyl (C=O) groups is 2. The Labute approximate surface area is 112 Å². The van der Waals surface area contributed by atoms with Crippen LogP contribution in [0.5, 0.6) is 0 Å². The molecule has 1 amide bonds. The molecule has 5 nitrogen and oxygen atoms in total. The zero-order valence-corrected chi connectivity index (χ0v) is 11.2. The van der Waals surface area contributed by atoms with Gasteiger partial charge in [0.05, 0.1) is 5.56 Å². The Kier molecular flexibility index (Phi) is 3.64. The first kappa shape index (κ1) is 13.6. The lowest BCUT2D eigenvalue weighted by Crippen LogP contribution is -2.39. The van der Waals surface area contributed by atoms with Gasteiger partial charge in [-0.05, 0) is 31.1 Å². The van der Waals surface area contributed by atoms with Gasteiger partial charge in [-0.2, -0.15) is 0 Å². The molecule has 0 unspecified atom stereocenters. The Balaban J connectivity index is 1.92. The summed E-state index contributed by atoms with van der Waals surface area (Å²) in [6, 6.07) is 1.41. The van der Waals surface area contributed by atoms with Crippen LogP contribution in [-0.2, 0) is 0 Å². The van der Waals surface area contributed by atoms with Gasteiger partial charge < -0.3 is 14.8 Å². The second-order valence-corrected chi connectivity index (χ2v) is 5.92. The molecule has 2 N–H and O–H groups in total. The highest BCUT2D eigenvalue weighted by atomic mass is 16.4. The van der Waals surface area contributed by atoms with Crippen LogP contribution in [0.15, 0.2) is 16.7 Å². The fraction of sp³-hybridized carbons (Fsp3) is 0.571. The van der Waals surface area contributed by atoms with E-state index in [-0.39, 0.29) is 23.3 Å². The Morgan fingerprint density at radius 2 is 2.00 bits per heavy atom. The van der Waals surface area contributed by atoms with Crippen LogP contribution >= 0.6 is 0 Å². The van der Waals surface area contributed by atoms with Crippen molar-refractivity contribution in [1.82, 2.24) is 5.32 Å². The van der Waals surface area contributed by atoms with Crippen molar-refractivity contribution in [2.24, 2.45) is 5.41 Å². The van der Waals surface area contributed by atoms with Crippen LogP contribution in [0.2, 0.25) is 0 Å². The van der Waals surface area contributed by atoms with E-state index < -0.39 is 5.97 Å². The second kappa shape index (κ2) is 5.07. The van der Waals surface area contributed by atoms with Gasteiger partial charge in [0, 0.05) is 12.1 Å². The highest BCUT2D eigenvalue weighted by Gasteiger charge is 2.28. The lowest BCUT2D eigenvalue weighted by atomic mass is 9.75. The van der Waals surface area contributed by atoms with Crippen LogP contribution in [0.4, 0.5) is 0 Å². The van der Waals surface area contributed by atoms with Gasteiger partial charge in [-0.3, -0.25) is 4.79 Å². The molecule has 2 rings (SSSR count). The van der Waals surface area contributed by atoms with Crippen molar-refractivity contribution in [3.8, 4) is 0 Å². The van der Waals surface area contributed by atoms with Crippen LogP contribution in [0.1, 0.15) is 60.4 Å². The van der Waals surface area contributed by atoms with Gasteiger partial charge in [0.25, 0.3) is 5.91 Å². The first-order valence-corrected chi connectivity index (χ1v) is 6.50. The van der Waals surface area contributed by atoms with Crippen LogP contribution in [0.3, 0.4) is 0 Å². The zero-order valence-electron chi connectivity index (χ0n) is 11.2. The summed E-state index contributed by atoms with van der Waals surface area (Å²) in [6.45, 7) is 4.47. The molecular formula is C14H19NO4. The third kappa shape index (κ3) is 3.36. The largest absolute Gasteiger partial charge is 0.478 e. The number of nitrogens with one attached hydrogen (secondary N) is 1. The number of hydrogen-bond donors (Lipinski definition) is 2. The molecule has 0 radical (unpaired) electrons. The van der Waals surface area contributed by atoms with Gasteiger partial charge in [-0.15, -0.1) is 0 Å². The Hall–Kier alpha value is -1.78. The van der Waals surface area contributed by atoms with Crippen molar-refractivity contribution < 1.29 is 19.1 Å². The van der Waals surface area contributed by atoms with E-state index in [1.807, 2.05) is 0 Å². The molecular weight excluding hydrogens is 246 g/mol. The van der Waals surface area contributed by atoms with Gasteiger partial charge >= 0.3 is 5.97 Å². The van der Waals surface area contributed by atoms with Gasteiger partial charge in [-0.25, -0.2) is 4.79 Å². The van der Waals surface area contributed by atoms with E-state index in [9.17, 15) is 9.59 Å². The fourth-order valence-corrected chi connectivity index (χ4v) is 2.37. The summed E-state index contributed by atoms with van der Waals surface area (Å²) in [6.07, 6.45) is 5.14. The minimum absolute atomic E-state index is 0.00470. The number of carboxylic acid groups (broad SMARTS) is 1. The van der Waals surface area contributed by atoms with E-state index in [4.69, 9.17) is 9.52 Å². The predicted octanol–water partition coefficient (Wildman–Crippen LogP) is 2.68.